The van der Waals surface area contributed by atoms with Gasteiger partial charge in [0, 0.05) is 43.5 Å². The summed E-state index contributed by atoms with van der Waals surface area (Å²) in [6.45, 7) is 0.536. The van der Waals surface area contributed by atoms with Gasteiger partial charge in [0.2, 0.25) is 0 Å². The Bertz CT molecular complexity index is 1190. The van der Waals surface area contributed by atoms with Crippen molar-refractivity contribution in [3.05, 3.63) is 96.1 Å². The molecule has 0 atom stereocenters. The van der Waals surface area contributed by atoms with Gasteiger partial charge in [-0.05, 0) is 36.8 Å². The van der Waals surface area contributed by atoms with E-state index in [0.29, 0.717) is 30.0 Å². The lowest BCUT2D eigenvalue weighted by Gasteiger charge is -2.18. The number of hydrogen-bond donors (Lipinski definition) is 1. The molecule has 0 aliphatic carbocycles. The predicted molar refractivity (Wildman–Crippen MR) is 121 cm³/mol. The molecule has 162 valence electrons. The Morgan fingerprint density at radius 1 is 1.06 bits per heavy atom. The molecule has 1 N–H and O–H groups in total. The Hall–Kier alpha value is -4.00. The van der Waals surface area contributed by atoms with E-state index in [9.17, 15) is 9.18 Å². The molecule has 0 bridgehead atoms. The molecule has 0 aliphatic heterocycles. The fraction of sp³-hybridized carbons (Fsp3) is 0.160. The lowest BCUT2D eigenvalue weighted by atomic mass is 10.1. The van der Waals surface area contributed by atoms with Crippen LogP contribution in [0.5, 0.6) is 0 Å². The van der Waals surface area contributed by atoms with Crippen molar-refractivity contribution < 1.29 is 13.7 Å². The second-order valence-corrected chi connectivity index (χ2v) is 7.41. The molecule has 0 saturated heterocycles. The largest absolute Gasteiger partial charge is 0.361 e. The van der Waals surface area contributed by atoms with Crippen LogP contribution in [0.1, 0.15) is 22.5 Å². The standard InChI is InChI=1S/C25H23FN4O2/c1-30(15-7-12-21-17-23(29-32-21)18-8-3-2-4-9-18)25(31)22-13-6-14-27-24(22)28-20-11-5-10-19(26)16-20/h2-6,8-11,13-14,16-17H,7,12,15H2,1H3,(H,27,28). The smallest absolute Gasteiger partial charge is 0.257 e. The van der Waals surface area contributed by atoms with Crippen LogP contribution in [0.15, 0.2) is 83.5 Å². The number of hydrogen-bond acceptors (Lipinski definition) is 5. The van der Waals surface area contributed by atoms with Gasteiger partial charge < -0.3 is 14.7 Å². The maximum atomic E-state index is 13.5. The van der Waals surface area contributed by atoms with Crippen LogP contribution in [0, 0.1) is 5.82 Å². The van der Waals surface area contributed by atoms with Gasteiger partial charge in [0.05, 0.1) is 5.56 Å². The number of halogens is 1. The van der Waals surface area contributed by atoms with Crippen LogP contribution in [-0.2, 0) is 6.42 Å². The topological polar surface area (TPSA) is 71.3 Å². The number of nitrogens with one attached hydrogen (secondary N) is 1. The van der Waals surface area contributed by atoms with Gasteiger partial charge in [0.15, 0.2) is 0 Å². The zero-order valence-electron chi connectivity index (χ0n) is 17.7. The summed E-state index contributed by atoms with van der Waals surface area (Å²) in [4.78, 5) is 18.9. The van der Waals surface area contributed by atoms with E-state index in [4.69, 9.17) is 4.52 Å². The molecule has 0 aliphatic rings. The zero-order valence-corrected chi connectivity index (χ0v) is 17.7. The van der Waals surface area contributed by atoms with Crippen LogP contribution < -0.4 is 5.32 Å². The lowest BCUT2D eigenvalue weighted by Crippen LogP contribution is -2.28. The van der Waals surface area contributed by atoms with Crippen molar-refractivity contribution in [3.8, 4) is 11.3 Å². The first-order valence-corrected chi connectivity index (χ1v) is 10.3. The summed E-state index contributed by atoms with van der Waals surface area (Å²) >= 11 is 0. The molecular formula is C25H23FN4O2. The van der Waals surface area contributed by atoms with Gasteiger partial charge >= 0.3 is 0 Å². The van der Waals surface area contributed by atoms with E-state index < -0.39 is 0 Å². The van der Waals surface area contributed by atoms with Gasteiger partial charge in [-0.2, -0.15) is 0 Å². The normalized spacial score (nSPS) is 10.7. The third kappa shape index (κ3) is 5.18. The lowest BCUT2D eigenvalue weighted by molar-refractivity contribution is 0.0793. The van der Waals surface area contributed by atoms with Crippen LogP contribution in [0.2, 0.25) is 0 Å². The van der Waals surface area contributed by atoms with Crippen molar-refractivity contribution in [3.63, 3.8) is 0 Å². The number of anilines is 2. The van der Waals surface area contributed by atoms with E-state index in [1.807, 2.05) is 36.4 Å². The van der Waals surface area contributed by atoms with Gasteiger partial charge in [-0.15, -0.1) is 0 Å². The molecule has 0 fully saturated rings. The zero-order chi connectivity index (χ0) is 22.3. The minimum Gasteiger partial charge on any atom is -0.361 e. The van der Waals surface area contributed by atoms with E-state index in [2.05, 4.69) is 15.5 Å². The molecule has 1 amide bonds. The van der Waals surface area contributed by atoms with Crippen molar-refractivity contribution in [2.24, 2.45) is 0 Å². The Kier molecular flexibility index (Phi) is 6.55. The molecule has 2 aromatic carbocycles. The first-order chi connectivity index (χ1) is 15.6. The SMILES string of the molecule is CN(CCCc1cc(-c2ccccc2)no1)C(=O)c1cccnc1Nc1cccc(F)c1. The Balaban J connectivity index is 1.36. The van der Waals surface area contributed by atoms with Crippen LogP contribution >= 0.6 is 0 Å². The van der Waals surface area contributed by atoms with Gasteiger partial charge in [-0.3, -0.25) is 4.79 Å². The number of benzene rings is 2. The monoisotopic (exact) mass is 430 g/mol. The maximum absolute atomic E-state index is 13.5. The maximum Gasteiger partial charge on any atom is 0.257 e. The van der Waals surface area contributed by atoms with E-state index >= 15 is 0 Å². The predicted octanol–water partition coefficient (Wildman–Crippen LogP) is 5.32. The number of aryl methyl sites for hydroxylation is 1. The van der Waals surface area contributed by atoms with Crippen molar-refractivity contribution in [2.75, 3.05) is 18.9 Å². The highest BCUT2D eigenvalue weighted by molar-refractivity contribution is 5.99. The van der Waals surface area contributed by atoms with Gasteiger partial charge in [-0.1, -0.05) is 41.6 Å². The summed E-state index contributed by atoms with van der Waals surface area (Å²) in [5.74, 6) is 0.635. The average Bonchev–Trinajstić information content (AvgIpc) is 3.28. The van der Waals surface area contributed by atoms with Gasteiger partial charge in [0.1, 0.15) is 23.1 Å². The molecule has 6 nitrogen and oxygen atoms in total. The van der Waals surface area contributed by atoms with Crippen molar-refractivity contribution in [1.29, 1.82) is 0 Å². The fourth-order valence-electron chi connectivity index (χ4n) is 3.35. The minimum absolute atomic E-state index is 0.167. The van der Waals surface area contributed by atoms with Gasteiger partial charge in [0.25, 0.3) is 5.91 Å². The highest BCUT2D eigenvalue weighted by Gasteiger charge is 2.17. The van der Waals surface area contributed by atoms with E-state index in [0.717, 1.165) is 23.4 Å². The average molecular weight is 430 g/mol. The van der Waals surface area contributed by atoms with E-state index in [1.54, 1.807) is 42.4 Å². The van der Waals surface area contributed by atoms with Crippen LogP contribution in [0.4, 0.5) is 15.9 Å². The first kappa shape index (κ1) is 21.2. The van der Waals surface area contributed by atoms with E-state index in [-0.39, 0.29) is 11.7 Å². The van der Waals surface area contributed by atoms with Crippen LogP contribution in [-0.4, -0.2) is 34.5 Å². The molecule has 7 heteroatoms. The summed E-state index contributed by atoms with van der Waals surface area (Å²) in [7, 11) is 1.75. The van der Waals surface area contributed by atoms with Crippen LogP contribution in [0.25, 0.3) is 11.3 Å². The van der Waals surface area contributed by atoms with Gasteiger partial charge in [-0.25, -0.2) is 9.37 Å². The third-order valence-electron chi connectivity index (χ3n) is 5.02. The third-order valence-corrected chi connectivity index (χ3v) is 5.02. The summed E-state index contributed by atoms with van der Waals surface area (Å²) in [5.41, 5.74) is 2.75. The molecular weight excluding hydrogens is 407 g/mol. The number of nitrogens with zero attached hydrogens (tertiary/aromatic N) is 3. The number of carbonyl (C=O) groups is 1. The summed E-state index contributed by atoms with van der Waals surface area (Å²) in [5, 5.41) is 7.15. The highest BCUT2D eigenvalue weighted by Crippen LogP contribution is 2.21. The molecule has 4 aromatic rings. The molecule has 4 rings (SSSR count). The Labute approximate surface area is 185 Å². The summed E-state index contributed by atoms with van der Waals surface area (Å²) in [6.07, 6.45) is 2.98. The van der Waals surface area contributed by atoms with Crippen molar-refractivity contribution >= 4 is 17.4 Å². The molecule has 32 heavy (non-hydrogen) atoms. The Morgan fingerprint density at radius 2 is 1.91 bits per heavy atom. The number of aromatic nitrogens is 2. The summed E-state index contributed by atoms with van der Waals surface area (Å²) < 4.78 is 18.9. The van der Waals surface area contributed by atoms with Crippen molar-refractivity contribution in [1.82, 2.24) is 15.0 Å². The number of amides is 1. The first-order valence-electron chi connectivity index (χ1n) is 10.3. The minimum atomic E-state index is -0.362. The molecule has 2 aromatic heterocycles. The number of rotatable bonds is 8. The Morgan fingerprint density at radius 3 is 2.72 bits per heavy atom. The quantitative estimate of drug-likeness (QED) is 0.409. The second kappa shape index (κ2) is 9.87. The van der Waals surface area contributed by atoms with E-state index in [1.165, 1.54) is 12.1 Å². The molecule has 0 saturated carbocycles. The van der Waals surface area contributed by atoms with Crippen molar-refractivity contribution in [2.45, 2.75) is 12.8 Å². The highest BCUT2D eigenvalue weighted by atomic mass is 19.1. The summed E-state index contributed by atoms with van der Waals surface area (Å²) in [6, 6.07) is 21.2. The molecule has 0 radical (unpaired) electrons. The van der Waals surface area contributed by atoms with Crippen LogP contribution in [0.3, 0.4) is 0 Å². The molecule has 0 spiro atoms. The number of pyridine rings is 1. The fourth-order valence-corrected chi connectivity index (χ4v) is 3.35. The molecule has 0 unspecified atom stereocenters. The molecule has 2 heterocycles. The number of carbonyl (C=O) groups excluding carboxylic acids is 1. The second-order valence-electron chi connectivity index (χ2n) is 7.41.